The summed E-state index contributed by atoms with van der Waals surface area (Å²) < 4.78 is 10.1. The molecule has 0 saturated carbocycles. The minimum absolute atomic E-state index is 0.0332. The lowest BCUT2D eigenvalue weighted by atomic mass is 10.0. The van der Waals surface area contributed by atoms with Gasteiger partial charge in [0, 0.05) is 93.2 Å². The van der Waals surface area contributed by atoms with E-state index in [2.05, 4.69) is 21.3 Å². The largest absolute Gasteiger partial charge is 0.563 e. The van der Waals surface area contributed by atoms with Crippen molar-refractivity contribution >= 4 is 71.6 Å². The predicted octanol–water partition coefficient (Wildman–Crippen LogP) is -2.07. The van der Waals surface area contributed by atoms with Gasteiger partial charge >= 0.3 is 29.9 Å². The molecule has 1 aromatic rings. The molecule has 4 rings (SSSR count). The Bertz CT molecular complexity index is 1840. The Kier molecular flexibility index (Phi) is 21.8. The first-order chi connectivity index (χ1) is 31.5. The van der Waals surface area contributed by atoms with Crippen LogP contribution < -0.4 is 21.3 Å². The van der Waals surface area contributed by atoms with Crippen molar-refractivity contribution < 1.29 is 67.9 Å². The maximum atomic E-state index is 12.8. The summed E-state index contributed by atoms with van der Waals surface area (Å²) in [6.07, 6.45) is 2.06. The summed E-state index contributed by atoms with van der Waals surface area (Å²) in [7, 11) is 3.35. The second-order valence-corrected chi connectivity index (χ2v) is 18.0. The Morgan fingerprint density at radius 3 is 2.30 bits per heavy atom. The summed E-state index contributed by atoms with van der Waals surface area (Å²) >= 11 is 1.79. The van der Waals surface area contributed by atoms with Crippen LogP contribution in [-0.2, 0) is 54.3 Å². The van der Waals surface area contributed by atoms with E-state index in [9.17, 15) is 53.4 Å². The van der Waals surface area contributed by atoms with Gasteiger partial charge in [-0.25, -0.2) is 4.79 Å². The minimum atomic E-state index is -1.49. The van der Waals surface area contributed by atoms with Gasteiger partial charge in [0.05, 0.1) is 38.1 Å². The summed E-state index contributed by atoms with van der Waals surface area (Å²) in [6, 6.07) is 4.90. The number of carboxylic acids is 2. The molecule has 3 fully saturated rings. The third-order valence-corrected chi connectivity index (χ3v) is 13.0. The molecular weight excluding hydrogens is 887 g/mol. The number of ether oxygens (including phenoxy) is 2. The summed E-state index contributed by atoms with van der Waals surface area (Å²) in [4.78, 5) is 118. The second-order valence-electron chi connectivity index (χ2n) is 16.7. The molecule has 23 nitrogen and oxygen atoms in total. The Labute approximate surface area is 387 Å². The van der Waals surface area contributed by atoms with Crippen LogP contribution in [0.25, 0.3) is 0 Å². The van der Waals surface area contributed by atoms with Crippen LogP contribution in [0, 0.1) is 0 Å². The van der Waals surface area contributed by atoms with E-state index in [1.54, 1.807) is 45.8 Å². The Morgan fingerprint density at radius 2 is 1.62 bits per heavy atom. The molecule has 5 unspecified atom stereocenters. The highest BCUT2D eigenvalue weighted by molar-refractivity contribution is 8.00. The molecule has 0 spiro atoms. The Hall–Kier alpha value is -5.56. The highest BCUT2D eigenvalue weighted by Crippen LogP contribution is 2.33. The quantitative estimate of drug-likeness (QED) is 0.0213. The van der Waals surface area contributed by atoms with E-state index >= 15 is 0 Å². The van der Waals surface area contributed by atoms with Gasteiger partial charge < -0.3 is 55.9 Å². The molecule has 3 saturated heterocycles. The minimum Gasteiger partial charge on any atom is -0.563 e. The number of anilines is 1. The van der Waals surface area contributed by atoms with Crippen LogP contribution in [0.2, 0.25) is 0 Å². The van der Waals surface area contributed by atoms with E-state index in [4.69, 9.17) is 14.6 Å². The molecule has 366 valence electrons. The van der Waals surface area contributed by atoms with Crippen LogP contribution in [0.1, 0.15) is 44.1 Å². The Morgan fingerprint density at radius 1 is 0.924 bits per heavy atom. The number of amides is 5. The fourth-order valence-corrected chi connectivity index (χ4v) is 9.39. The highest BCUT2D eigenvalue weighted by atomic mass is 32.2. The Balaban J connectivity index is 1.22. The van der Waals surface area contributed by atoms with Gasteiger partial charge in [0.2, 0.25) is 23.8 Å². The van der Waals surface area contributed by atoms with Gasteiger partial charge in [-0.2, -0.15) is 11.8 Å². The number of carbonyl (C=O) groups excluding carboxylic acids is 7. The molecule has 0 aliphatic carbocycles. The number of esters is 1. The number of thioether (sulfide) groups is 1. The van der Waals surface area contributed by atoms with E-state index < -0.39 is 54.4 Å². The van der Waals surface area contributed by atoms with Crippen molar-refractivity contribution in [2.75, 3.05) is 104 Å². The lowest BCUT2D eigenvalue weighted by Gasteiger charge is -2.37. The van der Waals surface area contributed by atoms with Crippen molar-refractivity contribution in [3.05, 3.63) is 29.8 Å². The second kappa shape index (κ2) is 27.2. The predicted molar refractivity (Wildman–Crippen MR) is 239 cm³/mol. The number of fused-ring (bicyclic) bond motifs is 1. The van der Waals surface area contributed by atoms with E-state index in [1.165, 1.54) is 11.9 Å². The number of hydrogen-bond acceptors (Lipinski definition) is 16. The SMILES string of the molecule is CN1CCN(COC=O)CCN(CC(=O)O)C(Cc2ccc(NC(=O)CCC(=O)OCC(NC(=O)CN(C)C(=O)CCCCC3SCC4NC(=O)NC43)C(=O)[OH2+])cc2)CN(CC(=O)O)CC1. The summed E-state index contributed by atoms with van der Waals surface area (Å²) in [5, 5.41) is 38.2. The number of benzene rings is 1. The zero-order chi connectivity index (χ0) is 48.2. The average molecular weight is 951 g/mol. The zero-order valence-electron chi connectivity index (χ0n) is 37.4. The molecule has 3 aliphatic rings. The van der Waals surface area contributed by atoms with E-state index in [0.29, 0.717) is 64.3 Å². The van der Waals surface area contributed by atoms with Gasteiger partial charge in [-0.05, 0) is 44.0 Å². The van der Waals surface area contributed by atoms with Gasteiger partial charge in [0.1, 0.15) is 13.3 Å². The van der Waals surface area contributed by atoms with E-state index in [1.807, 2.05) is 16.8 Å². The van der Waals surface area contributed by atoms with Gasteiger partial charge in [-0.3, -0.25) is 48.3 Å². The normalized spacial score (nSPS) is 21.4. The van der Waals surface area contributed by atoms with Crippen molar-refractivity contribution in [3.63, 3.8) is 0 Å². The van der Waals surface area contributed by atoms with Crippen LogP contribution in [0.4, 0.5) is 10.5 Å². The van der Waals surface area contributed by atoms with Crippen LogP contribution in [0.3, 0.4) is 0 Å². The third kappa shape index (κ3) is 18.7. The maximum Gasteiger partial charge on any atom is 0.542 e. The van der Waals surface area contributed by atoms with Crippen LogP contribution in [0.5, 0.6) is 0 Å². The van der Waals surface area contributed by atoms with Crippen molar-refractivity contribution in [3.8, 4) is 0 Å². The standard InChI is InChI=1S/C42H63N9O14S/c1-47-13-15-49(26-64-27-52)17-18-51(23-38(58)59)30(20-50(16-14-47)22-37(56)57)19-28-7-9-29(10-8-28)43-34(53)11-12-39(60)65-24-31(41(61)62)44-35(54)21-48(2)36(55)6-4-3-5-33-40-32(25-66-33)45-42(63)46-40/h7-10,27,30-33,40H,3-6,11-26H2,1-2H3,(H,43,53)(H,44,54)(H,56,57)(H,58,59)(H,61,62)(H2,45,46,63)/p+1. The summed E-state index contributed by atoms with van der Waals surface area (Å²) in [5.74, 6) is -4.83. The van der Waals surface area contributed by atoms with Gasteiger partial charge in [-0.1, -0.05) is 18.6 Å². The van der Waals surface area contributed by atoms with Crippen LogP contribution >= 0.6 is 11.8 Å². The molecule has 0 radical (unpaired) electrons. The first-order valence-electron chi connectivity index (χ1n) is 21.9. The number of urea groups is 1. The smallest absolute Gasteiger partial charge is 0.542 e. The van der Waals surface area contributed by atoms with Gasteiger partial charge in [0.15, 0.2) is 0 Å². The van der Waals surface area contributed by atoms with E-state index in [0.717, 1.165) is 24.2 Å². The average Bonchev–Trinajstić information content (AvgIpc) is 3.82. The molecule has 24 heteroatoms. The number of carbonyl (C=O) groups is 9. The topological polar surface area (TPSA) is 300 Å². The maximum absolute atomic E-state index is 12.8. The molecule has 1 aromatic carbocycles. The number of hydrogen-bond donors (Lipinski definition) is 6. The molecule has 66 heavy (non-hydrogen) atoms. The van der Waals surface area contributed by atoms with Crippen molar-refractivity contribution in [1.29, 1.82) is 0 Å². The number of rotatable bonds is 24. The first kappa shape index (κ1) is 53.1. The van der Waals surface area contributed by atoms with Crippen LogP contribution in [0.15, 0.2) is 24.3 Å². The first-order valence-corrected chi connectivity index (χ1v) is 22.9. The van der Waals surface area contributed by atoms with E-state index in [-0.39, 0.29) is 81.4 Å². The molecule has 5 atom stereocenters. The fourth-order valence-electron chi connectivity index (χ4n) is 7.85. The highest BCUT2D eigenvalue weighted by Gasteiger charge is 2.42. The van der Waals surface area contributed by atoms with Crippen molar-refractivity contribution in [2.24, 2.45) is 0 Å². The molecule has 3 heterocycles. The summed E-state index contributed by atoms with van der Waals surface area (Å²) in [5.41, 5.74) is 1.19. The number of unbranched alkanes of at least 4 members (excludes halogenated alkanes) is 1. The van der Waals surface area contributed by atoms with Crippen molar-refractivity contribution in [1.82, 2.24) is 40.4 Å². The van der Waals surface area contributed by atoms with Crippen LogP contribution in [-0.4, -0.2) is 222 Å². The number of likely N-dealkylation sites (N-methyl/N-ethyl adjacent to an activating group) is 2. The number of carboxylic acid groups (broad SMARTS) is 2. The van der Waals surface area contributed by atoms with Crippen molar-refractivity contribution in [2.45, 2.75) is 74.4 Å². The summed E-state index contributed by atoms with van der Waals surface area (Å²) in [6.45, 7) is 1.84. The molecular formula is C42H64N9O14S+. The molecule has 0 bridgehead atoms. The molecule has 5 amide bonds. The number of nitrogens with zero attached hydrogens (tertiary/aromatic N) is 5. The molecule has 3 aliphatic heterocycles. The molecule has 8 N–H and O–H groups in total. The number of nitrogens with one attached hydrogen (secondary N) is 4. The molecule has 0 aromatic heterocycles. The third-order valence-electron chi connectivity index (χ3n) is 11.5. The monoisotopic (exact) mass is 950 g/mol. The van der Waals surface area contributed by atoms with Gasteiger partial charge in [0.25, 0.3) is 6.47 Å². The van der Waals surface area contributed by atoms with Gasteiger partial charge in [-0.15, -0.1) is 0 Å². The fraction of sp³-hybridized carbons (Fsp3) is 0.643. The lowest BCUT2D eigenvalue weighted by Crippen LogP contribution is -2.52. The lowest BCUT2D eigenvalue weighted by molar-refractivity contribution is -0.151. The zero-order valence-corrected chi connectivity index (χ0v) is 38.3. The number of aliphatic carboxylic acids is 2.